The van der Waals surface area contributed by atoms with Gasteiger partial charge in [-0.05, 0) is 24.6 Å². The molecule has 0 spiro atoms. The minimum absolute atomic E-state index is 0.279. The SMILES string of the molecule is Cc1ccc(/C=C/CNCCNS(=O)(=O)c2cccc3cnccc23)cc1. The number of sulfonamides is 1. The molecule has 0 atom stereocenters. The van der Waals surface area contributed by atoms with Gasteiger partial charge >= 0.3 is 0 Å². The number of aromatic nitrogens is 1. The highest BCUT2D eigenvalue weighted by Gasteiger charge is 2.16. The standard InChI is InChI=1S/C21H23N3O2S/c1-17-7-9-18(10-8-17)4-3-12-22-14-15-24-27(25,26)21-6-2-5-19-16-23-13-11-20(19)21/h2-11,13,16,22,24H,12,14-15H2,1H3/b4-3+. The molecule has 0 aliphatic carbocycles. The van der Waals surface area contributed by atoms with Crippen LogP contribution < -0.4 is 10.0 Å². The first-order valence-corrected chi connectivity index (χ1v) is 10.3. The Morgan fingerprint density at radius 1 is 1.04 bits per heavy atom. The van der Waals surface area contributed by atoms with E-state index in [0.29, 0.717) is 25.0 Å². The van der Waals surface area contributed by atoms with Gasteiger partial charge in [0.25, 0.3) is 0 Å². The highest BCUT2D eigenvalue weighted by molar-refractivity contribution is 7.89. The molecule has 0 unspecified atom stereocenters. The molecular formula is C21H23N3O2S. The van der Waals surface area contributed by atoms with Crippen LogP contribution in [-0.2, 0) is 10.0 Å². The molecule has 0 saturated carbocycles. The Hall–Kier alpha value is -2.54. The van der Waals surface area contributed by atoms with Crippen molar-refractivity contribution in [1.29, 1.82) is 0 Å². The second-order valence-electron chi connectivity index (χ2n) is 6.27. The Morgan fingerprint density at radius 2 is 1.85 bits per heavy atom. The van der Waals surface area contributed by atoms with Crippen LogP contribution in [0.4, 0.5) is 0 Å². The van der Waals surface area contributed by atoms with Crippen molar-refractivity contribution in [1.82, 2.24) is 15.0 Å². The first-order chi connectivity index (χ1) is 13.1. The lowest BCUT2D eigenvalue weighted by Crippen LogP contribution is -2.32. The third kappa shape index (κ3) is 5.23. The van der Waals surface area contributed by atoms with Crippen molar-refractivity contribution in [3.63, 3.8) is 0 Å². The maximum Gasteiger partial charge on any atom is 0.241 e. The van der Waals surface area contributed by atoms with Crippen molar-refractivity contribution >= 4 is 26.9 Å². The summed E-state index contributed by atoms with van der Waals surface area (Å²) in [6.45, 7) is 3.60. The molecule has 3 aromatic rings. The van der Waals surface area contributed by atoms with E-state index < -0.39 is 10.0 Å². The third-order valence-corrected chi connectivity index (χ3v) is 5.69. The molecule has 0 aliphatic heterocycles. The summed E-state index contributed by atoms with van der Waals surface area (Å²) >= 11 is 0. The molecule has 0 radical (unpaired) electrons. The van der Waals surface area contributed by atoms with Gasteiger partial charge in [-0.3, -0.25) is 4.98 Å². The fourth-order valence-electron chi connectivity index (χ4n) is 2.74. The number of fused-ring (bicyclic) bond motifs is 1. The van der Waals surface area contributed by atoms with Crippen LogP contribution in [0.15, 0.2) is 71.9 Å². The molecule has 2 aromatic carbocycles. The normalized spacial score (nSPS) is 12.0. The number of nitrogens with zero attached hydrogens (tertiary/aromatic N) is 1. The molecule has 3 rings (SSSR count). The summed E-state index contributed by atoms with van der Waals surface area (Å²) in [5, 5.41) is 4.68. The van der Waals surface area contributed by atoms with E-state index >= 15 is 0 Å². The fourth-order valence-corrected chi connectivity index (χ4v) is 4.00. The van der Waals surface area contributed by atoms with Crippen molar-refractivity contribution in [2.75, 3.05) is 19.6 Å². The molecule has 1 aromatic heterocycles. The van der Waals surface area contributed by atoms with Gasteiger partial charge < -0.3 is 5.32 Å². The number of hydrogen-bond acceptors (Lipinski definition) is 4. The van der Waals surface area contributed by atoms with Gasteiger partial charge in [-0.15, -0.1) is 0 Å². The predicted octanol–water partition coefficient (Wildman–Crippen LogP) is 3.12. The van der Waals surface area contributed by atoms with Crippen molar-refractivity contribution in [3.8, 4) is 0 Å². The fraction of sp³-hybridized carbons (Fsp3) is 0.190. The van der Waals surface area contributed by atoms with E-state index in [4.69, 9.17) is 0 Å². The van der Waals surface area contributed by atoms with Gasteiger partial charge in [0.05, 0.1) is 4.90 Å². The number of aryl methyl sites for hydroxylation is 1. The first kappa shape index (κ1) is 19.2. The van der Waals surface area contributed by atoms with E-state index in [0.717, 1.165) is 10.9 Å². The monoisotopic (exact) mass is 381 g/mol. The molecule has 27 heavy (non-hydrogen) atoms. The number of nitrogens with one attached hydrogen (secondary N) is 2. The van der Waals surface area contributed by atoms with Gasteiger partial charge in [0.2, 0.25) is 10.0 Å². The lowest BCUT2D eigenvalue weighted by Gasteiger charge is -2.09. The summed E-state index contributed by atoms with van der Waals surface area (Å²) in [5.74, 6) is 0. The molecule has 140 valence electrons. The maximum atomic E-state index is 12.6. The van der Waals surface area contributed by atoms with Gasteiger partial charge in [0, 0.05) is 42.8 Å². The van der Waals surface area contributed by atoms with Crippen LogP contribution in [0.2, 0.25) is 0 Å². The summed E-state index contributed by atoms with van der Waals surface area (Å²) in [6.07, 6.45) is 7.33. The van der Waals surface area contributed by atoms with Crippen LogP contribution in [0, 0.1) is 6.92 Å². The second kappa shape index (κ2) is 8.90. The van der Waals surface area contributed by atoms with Crippen LogP contribution in [0.25, 0.3) is 16.8 Å². The van der Waals surface area contributed by atoms with Crippen LogP contribution in [0.5, 0.6) is 0 Å². The Kier molecular flexibility index (Phi) is 6.34. The molecule has 0 saturated heterocycles. The number of pyridine rings is 1. The summed E-state index contributed by atoms with van der Waals surface area (Å²) in [7, 11) is -3.56. The Balaban J connectivity index is 1.49. The Morgan fingerprint density at radius 3 is 2.67 bits per heavy atom. The first-order valence-electron chi connectivity index (χ1n) is 8.82. The predicted molar refractivity (Wildman–Crippen MR) is 110 cm³/mol. The average Bonchev–Trinajstić information content (AvgIpc) is 2.68. The lowest BCUT2D eigenvalue weighted by atomic mass is 10.1. The summed E-state index contributed by atoms with van der Waals surface area (Å²) < 4.78 is 27.8. The smallest absolute Gasteiger partial charge is 0.241 e. The number of hydrogen-bond donors (Lipinski definition) is 2. The highest BCUT2D eigenvalue weighted by Crippen LogP contribution is 2.21. The number of benzene rings is 2. The van der Waals surface area contributed by atoms with E-state index in [1.54, 1.807) is 30.6 Å². The molecule has 0 amide bonds. The average molecular weight is 382 g/mol. The molecule has 1 heterocycles. The quantitative estimate of drug-likeness (QED) is 0.588. The van der Waals surface area contributed by atoms with Crippen molar-refractivity contribution in [3.05, 3.63) is 78.1 Å². The van der Waals surface area contributed by atoms with Crippen LogP contribution in [0.1, 0.15) is 11.1 Å². The van der Waals surface area contributed by atoms with Gasteiger partial charge in [-0.25, -0.2) is 13.1 Å². The summed E-state index contributed by atoms with van der Waals surface area (Å²) in [6, 6.07) is 15.2. The molecule has 5 nitrogen and oxygen atoms in total. The minimum atomic E-state index is -3.56. The van der Waals surface area contributed by atoms with Crippen molar-refractivity contribution in [2.24, 2.45) is 0 Å². The highest BCUT2D eigenvalue weighted by atomic mass is 32.2. The lowest BCUT2D eigenvalue weighted by molar-refractivity contribution is 0.579. The van der Waals surface area contributed by atoms with Crippen molar-refractivity contribution < 1.29 is 8.42 Å². The summed E-state index contributed by atoms with van der Waals surface area (Å²) in [4.78, 5) is 4.31. The molecule has 2 N–H and O–H groups in total. The zero-order valence-corrected chi connectivity index (χ0v) is 16.0. The van der Waals surface area contributed by atoms with Gasteiger partial charge in [0.1, 0.15) is 0 Å². The molecule has 0 aliphatic rings. The maximum absolute atomic E-state index is 12.6. The van der Waals surface area contributed by atoms with E-state index in [9.17, 15) is 8.42 Å². The topological polar surface area (TPSA) is 71.1 Å². The van der Waals surface area contributed by atoms with E-state index in [1.807, 2.05) is 18.2 Å². The molecule has 0 fully saturated rings. The van der Waals surface area contributed by atoms with Gasteiger partial charge in [-0.1, -0.05) is 54.1 Å². The zero-order chi connectivity index (χ0) is 19.1. The van der Waals surface area contributed by atoms with Crippen LogP contribution in [0.3, 0.4) is 0 Å². The Bertz CT molecular complexity index is 1020. The third-order valence-electron chi connectivity index (χ3n) is 4.17. The minimum Gasteiger partial charge on any atom is -0.312 e. The van der Waals surface area contributed by atoms with E-state index in [1.165, 1.54) is 5.56 Å². The molecular weight excluding hydrogens is 358 g/mol. The van der Waals surface area contributed by atoms with E-state index in [-0.39, 0.29) is 4.90 Å². The van der Waals surface area contributed by atoms with Crippen molar-refractivity contribution in [2.45, 2.75) is 11.8 Å². The summed E-state index contributed by atoms with van der Waals surface area (Å²) in [5.41, 5.74) is 2.38. The largest absolute Gasteiger partial charge is 0.312 e. The second-order valence-corrected chi connectivity index (χ2v) is 8.00. The zero-order valence-electron chi connectivity index (χ0n) is 15.2. The van der Waals surface area contributed by atoms with Crippen LogP contribution >= 0.6 is 0 Å². The number of rotatable bonds is 8. The van der Waals surface area contributed by atoms with E-state index in [2.05, 4.69) is 46.2 Å². The van der Waals surface area contributed by atoms with Gasteiger partial charge in [-0.2, -0.15) is 0 Å². The Labute approximate surface area is 160 Å². The van der Waals surface area contributed by atoms with Crippen LogP contribution in [-0.4, -0.2) is 33.0 Å². The molecule has 0 bridgehead atoms. The van der Waals surface area contributed by atoms with Gasteiger partial charge in [0.15, 0.2) is 0 Å². The molecule has 6 heteroatoms.